The molecule has 0 saturated carbocycles. The summed E-state index contributed by atoms with van der Waals surface area (Å²) in [5.41, 5.74) is -5.01. The van der Waals surface area contributed by atoms with Crippen molar-refractivity contribution in [3.63, 3.8) is 0 Å². The highest BCUT2D eigenvalue weighted by Crippen LogP contribution is 2.62. The molecule has 1 rings (SSSR count). The Balaban J connectivity index is 0. The number of rotatable bonds is 36. The number of carbonyl (C=O) groups is 6. The zero-order valence-corrected chi connectivity index (χ0v) is 57.0. The van der Waals surface area contributed by atoms with Crippen molar-refractivity contribution in [3.05, 3.63) is 61.2 Å². The Bertz CT molecular complexity index is 2140. The lowest BCUT2D eigenvalue weighted by atomic mass is 9.87. The standard InChI is InChI=1S/C44H86N2O16P2.C10H14O4.C7H8/c1-21-57-63(53,58-22-2)35(39(5,6)7)45(41(11,12)13)61-31(29-43(17,18)37(49)50)33(47)55-27-25-26-28-56-34(48)32(30-44(19,20)38(51)52)62-46(42(14,15)16)36(40(8,9)10)64(54,59-23-3)60-24-4;1-3-9(11)13-7-5-6-8-14-10(12)4-2;1-7-5-3-2-4-6-7/h31-32,35-36H,21-30H2,1-20H3,(H,49,50)(H,51,52);3-4H,1-2,5-8H2;2-6H,1H3. The lowest BCUT2D eigenvalue weighted by Crippen LogP contribution is -2.56. The molecular weight excluding hydrogens is 1140 g/mol. The maximum atomic E-state index is 14.4. The van der Waals surface area contributed by atoms with Gasteiger partial charge in [0.25, 0.3) is 0 Å². The zero-order valence-electron chi connectivity index (χ0n) is 55.2. The first-order valence-electron chi connectivity index (χ1n) is 29.0. The lowest BCUT2D eigenvalue weighted by Gasteiger charge is -2.48. The summed E-state index contributed by atoms with van der Waals surface area (Å²) in [5, 5.41) is 22.9. The molecule has 492 valence electrons. The van der Waals surface area contributed by atoms with Gasteiger partial charge >= 0.3 is 51.0 Å². The van der Waals surface area contributed by atoms with Gasteiger partial charge in [-0.2, -0.15) is 10.1 Å². The van der Waals surface area contributed by atoms with Gasteiger partial charge in [0.15, 0.2) is 12.2 Å². The summed E-state index contributed by atoms with van der Waals surface area (Å²) in [6.45, 7) is 43.5. The lowest BCUT2D eigenvalue weighted by molar-refractivity contribution is -0.271. The van der Waals surface area contributed by atoms with Gasteiger partial charge in [0.2, 0.25) is 0 Å². The fourth-order valence-corrected chi connectivity index (χ4v) is 13.2. The second-order valence-corrected chi connectivity index (χ2v) is 29.5. The van der Waals surface area contributed by atoms with Gasteiger partial charge in [-0.15, -0.1) is 0 Å². The average Bonchev–Trinajstić information content (AvgIpc) is 3.44. The number of unbranched alkanes of at least 4 members (excludes halogenated alkanes) is 2. The summed E-state index contributed by atoms with van der Waals surface area (Å²) in [4.78, 5) is 86.3. The number of nitrogens with zero attached hydrogens (tertiary/aromatic N) is 2. The third-order valence-corrected chi connectivity index (χ3v) is 17.7. The predicted octanol–water partition coefficient (Wildman–Crippen LogP) is 13.2. The van der Waals surface area contributed by atoms with Gasteiger partial charge in [0, 0.05) is 36.1 Å². The fourth-order valence-electron chi connectivity index (χ4n) is 7.79. The average molecular weight is 1250 g/mol. The molecule has 0 radical (unpaired) electrons. The molecule has 0 aliphatic rings. The Labute approximate surface area is 508 Å². The van der Waals surface area contributed by atoms with Gasteiger partial charge in [-0.1, -0.05) is 90.6 Å². The van der Waals surface area contributed by atoms with Crippen molar-refractivity contribution in [2.24, 2.45) is 21.7 Å². The van der Waals surface area contributed by atoms with Crippen molar-refractivity contribution in [3.8, 4) is 0 Å². The topological polar surface area (TPSA) is 276 Å². The van der Waals surface area contributed by atoms with E-state index in [1.807, 2.05) is 59.7 Å². The molecule has 0 bridgehead atoms. The Kier molecular flexibility index (Phi) is 37.1. The number of benzene rings is 1. The molecule has 0 aliphatic heterocycles. The number of hydrogen-bond donors (Lipinski definition) is 2. The number of aryl methyl sites for hydroxylation is 1. The van der Waals surface area contributed by atoms with Crippen LogP contribution in [0.1, 0.15) is 183 Å². The Hall–Kier alpha value is -4.34. The molecule has 4 atom stereocenters. The SMILES string of the molecule is C=CC(=O)OCCCCOC(=O)C=C.CCOP(=O)(OCC)C(N(OC(CC(C)(C)C(=O)O)C(=O)OCCCCOC(=O)C(CC(C)(C)C(=O)O)ON(C(C(C)(C)C)P(=O)(OCC)OCC)C(C)(C)C)C(C)(C)C)C(C)(C)C.Cc1ccccc1. The van der Waals surface area contributed by atoms with Crippen LogP contribution in [0.4, 0.5) is 0 Å². The number of hydroxylamine groups is 4. The molecule has 85 heavy (non-hydrogen) atoms. The first kappa shape index (κ1) is 82.7. The zero-order chi connectivity index (χ0) is 66.4. The highest BCUT2D eigenvalue weighted by molar-refractivity contribution is 7.55. The summed E-state index contributed by atoms with van der Waals surface area (Å²) in [6, 6.07) is 10.3. The molecule has 1 aromatic carbocycles. The monoisotopic (exact) mass is 1250 g/mol. The van der Waals surface area contributed by atoms with Crippen LogP contribution in [0, 0.1) is 28.6 Å². The number of carboxylic acid groups (broad SMARTS) is 2. The van der Waals surface area contributed by atoms with Crippen molar-refractivity contribution < 1.29 is 94.8 Å². The van der Waals surface area contributed by atoms with E-state index >= 15 is 0 Å². The second-order valence-electron chi connectivity index (χ2n) is 25.3. The predicted molar refractivity (Wildman–Crippen MR) is 327 cm³/mol. The van der Waals surface area contributed by atoms with E-state index in [-0.39, 0.29) is 65.3 Å². The first-order valence-corrected chi connectivity index (χ1v) is 32.2. The van der Waals surface area contributed by atoms with E-state index in [2.05, 4.69) is 32.2 Å². The molecule has 1 aromatic rings. The molecule has 0 heterocycles. The molecule has 0 aromatic heterocycles. The molecule has 0 fully saturated rings. The summed E-state index contributed by atoms with van der Waals surface area (Å²) in [6.07, 6.45) is 0.371. The van der Waals surface area contributed by atoms with Crippen molar-refractivity contribution >= 4 is 51.0 Å². The smallest absolute Gasteiger partial charge is 0.350 e. The van der Waals surface area contributed by atoms with Crippen molar-refractivity contribution in [1.82, 2.24) is 10.1 Å². The number of ether oxygens (including phenoxy) is 4. The number of hydrogen-bond acceptors (Lipinski definition) is 20. The first-order chi connectivity index (χ1) is 38.9. The van der Waals surface area contributed by atoms with Gasteiger partial charge in [0.1, 0.15) is 11.6 Å². The van der Waals surface area contributed by atoms with Crippen LogP contribution in [-0.4, -0.2) is 144 Å². The molecule has 0 saturated heterocycles. The van der Waals surface area contributed by atoms with Gasteiger partial charge in [-0.25, -0.2) is 19.2 Å². The molecular formula is C61H108N2O20P2. The molecule has 0 spiro atoms. The van der Waals surface area contributed by atoms with Crippen LogP contribution < -0.4 is 0 Å². The maximum absolute atomic E-state index is 14.4. The normalized spacial score (nSPS) is 14.1. The number of carboxylic acids is 2. The largest absolute Gasteiger partial charge is 0.481 e. The fraction of sp³-hybridized carbons (Fsp3) is 0.738. The minimum absolute atomic E-state index is 0.0713. The molecule has 0 amide bonds. The third kappa shape index (κ3) is 31.4. The van der Waals surface area contributed by atoms with Crippen molar-refractivity contribution in [1.29, 1.82) is 0 Å². The van der Waals surface area contributed by atoms with Gasteiger partial charge < -0.3 is 47.3 Å². The summed E-state index contributed by atoms with van der Waals surface area (Å²) >= 11 is 0. The minimum Gasteiger partial charge on any atom is -0.481 e. The molecule has 0 aliphatic carbocycles. The van der Waals surface area contributed by atoms with E-state index in [4.69, 9.17) is 46.7 Å². The van der Waals surface area contributed by atoms with Crippen LogP contribution in [-0.2, 0) is 84.6 Å². The summed E-state index contributed by atoms with van der Waals surface area (Å²) in [5.74, 6) is -7.04. The van der Waals surface area contributed by atoms with E-state index in [0.29, 0.717) is 26.1 Å². The maximum Gasteiger partial charge on any atom is 0.350 e. The van der Waals surface area contributed by atoms with E-state index in [0.717, 1.165) is 12.2 Å². The van der Waals surface area contributed by atoms with Crippen LogP contribution in [0.25, 0.3) is 0 Å². The Morgan fingerprint density at radius 3 is 0.965 bits per heavy atom. The van der Waals surface area contributed by atoms with E-state index in [1.54, 1.807) is 69.2 Å². The highest BCUT2D eigenvalue weighted by atomic mass is 31.2. The third-order valence-electron chi connectivity index (χ3n) is 12.0. The molecule has 22 nitrogen and oxygen atoms in total. The second kappa shape index (κ2) is 38.2. The quantitative estimate of drug-likeness (QED) is 0.0158. The summed E-state index contributed by atoms with van der Waals surface area (Å²) in [7, 11) is -7.88. The van der Waals surface area contributed by atoms with Crippen LogP contribution in [0.5, 0.6) is 0 Å². The summed E-state index contributed by atoms with van der Waals surface area (Å²) < 4.78 is 72.7. The van der Waals surface area contributed by atoms with E-state index in [9.17, 15) is 48.1 Å². The number of carbonyl (C=O) groups excluding carboxylic acids is 4. The number of esters is 4. The van der Waals surface area contributed by atoms with Crippen LogP contribution >= 0.6 is 15.2 Å². The van der Waals surface area contributed by atoms with Gasteiger partial charge in [-0.3, -0.25) is 28.4 Å². The van der Waals surface area contributed by atoms with Crippen LogP contribution in [0.2, 0.25) is 0 Å². The minimum atomic E-state index is -3.94. The van der Waals surface area contributed by atoms with Gasteiger partial charge in [-0.05, 0) is 140 Å². The van der Waals surface area contributed by atoms with E-state index in [1.165, 1.54) is 43.4 Å². The van der Waals surface area contributed by atoms with Crippen molar-refractivity contribution in [2.75, 3.05) is 52.9 Å². The van der Waals surface area contributed by atoms with Crippen LogP contribution in [0.3, 0.4) is 0 Å². The van der Waals surface area contributed by atoms with Crippen LogP contribution in [0.15, 0.2) is 55.6 Å². The molecule has 2 N–H and O–H groups in total. The number of aliphatic carboxylic acids is 2. The molecule has 24 heteroatoms. The van der Waals surface area contributed by atoms with E-state index < -0.39 is 108 Å². The van der Waals surface area contributed by atoms with Gasteiger partial charge in [0.05, 0.1) is 63.7 Å². The Morgan fingerprint density at radius 1 is 0.494 bits per heavy atom. The highest BCUT2D eigenvalue weighted by Gasteiger charge is 2.55. The Morgan fingerprint density at radius 2 is 0.765 bits per heavy atom. The molecule has 4 unspecified atom stereocenters. The van der Waals surface area contributed by atoms with Crippen molar-refractivity contribution in [2.45, 2.75) is 219 Å².